The fraction of sp³-hybridized carbons (Fsp3) is 0.455. The standard InChI is InChI=1S/C11H15BrFNO/c1-3-14-11(2,7-15)9-5-4-8(13)6-10(9)12/h4-6,14-15H,3,7H2,1-2H3. The number of nitrogens with one attached hydrogen (secondary N) is 1. The first kappa shape index (κ1) is 12.6. The van der Waals surface area contributed by atoms with Gasteiger partial charge in [0.2, 0.25) is 0 Å². The van der Waals surface area contributed by atoms with Gasteiger partial charge in [-0.25, -0.2) is 4.39 Å². The van der Waals surface area contributed by atoms with Gasteiger partial charge < -0.3 is 10.4 Å². The molecule has 1 rings (SSSR count). The Balaban J connectivity index is 3.12. The van der Waals surface area contributed by atoms with Crippen molar-refractivity contribution in [3.63, 3.8) is 0 Å². The van der Waals surface area contributed by atoms with Crippen LogP contribution in [0.2, 0.25) is 0 Å². The zero-order valence-electron chi connectivity index (χ0n) is 8.85. The van der Waals surface area contributed by atoms with Crippen LogP contribution in [0, 0.1) is 5.82 Å². The normalized spacial score (nSPS) is 15.0. The fourth-order valence-corrected chi connectivity index (χ4v) is 2.35. The molecule has 1 unspecified atom stereocenters. The summed E-state index contributed by atoms with van der Waals surface area (Å²) >= 11 is 3.30. The zero-order chi connectivity index (χ0) is 11.5. The van der Waals surface area contributed by atoms with Crippen molar-refractivity contribution in [1.29, 1.82) is 0 Å². The topological polar surface area (TPSA) is 32.3 Å². The smallest absolute Gasteiger partial charge is 0.124 e. The summed E-state index contributed by atoms with van der Waals surface area (Å²) < 4.78 is 13.6. The SMILES string of the molecule is CCNC(C)(CO)c1ccc(F)cc1Br. The van der Waals surface area contributed by atoms with E-state index in [1.807, 2.05) is 13.8 Å². The lowest BCUT2D eigenvalue weighted by Crippen LogP contribution is -2.43. The molecule has 0 amide bonds. The molecule has 0 spiro atoms. The highest BCUT2D eigenvalue weighted by atomic mass is 79.9. The first-order valence-corrected chi connectivity index (χ1v) is 5.64. The second-order valence-electron chi connectivity index (χ2n) is 3.64. The van der Waals surface area contributed by atoms with Crippen molar-refractivity contribution in [3.05, 3.63) is 34.1 Å². The van der Waals surface area contributed by atoms with Gasteiger partial charge >= 0.3 is 0 Å². The molecule has 4 heteroatoms. The Morgan fingerprint density at radius 2 is 2.20 bits per heavy atom. The second-order valence-corrected chi connectivity index (χ2v) is 4.50. The Hall–Kier alpha value is -0.450. The molecule has 2 nitrogen and oxygen atoms in total. The summed E-state index contributed by atoms with van der Waals surface area (Å²) in [7, 11) is 0. The third kappa shape index (κ3) is 2.77. The van der Waals surface area contributed by atoms with Crippen LogP contribution in [0.4, 0.5) is 4.39 Å². The van der Waals surface area contributed by atoms with E-state index in [4.69, 9.17) is 0 Å². The molecule has 0 saturated heterocycles. The molecular formula is C11H15BrFNO. The highest BCUT2D eigenvalue weighted by Gasteiger charge is 2.26. The molecule has 0 aromatic heterocycles. The van der Waals surface area contributed by atoms with Crippen molar-refractivity contribution in [2.45, 2.75) is 19.4 Å². The Kier molecular flexibility index (Phi) is 4.25. The maximum absolute atomic E-state index is 12.9. The van der Waals surface area contributed by atoms with Crippen LogP contribution in [-0.2, 0) is 5.54 Å². The van der Waals surface area contributed by atoms with E-state index >= 15 is 0 Å². The van der Waals surface area contributed by atoms with Crippen LogP contribution in [0.15, 0.2) is 22.7 Å². The average molecular weight is 276 g/mol. The summed E-state index contributed by atoms with van der Waals surface area (Å²) in [6.45, 7) is 4.55. The summed E-state index contributed by atoms with van der Waals surface area (Å²) in [6.07, 6.45) is 0. The minimum Gasteiger partial charge on any atom is -0.394 e. The number of benzene rings is 1. The maximum Gasteiger partial charge on any atom is 0.124 e. The molecule has 0 heterocycles. The van der Waals surface area contributed by atoms with Gasteiger partial charge in [-0.15, -0.1) is 0 Å². The molecule has 0 saturated carbocycles. The van der Waals surface area contributed by atoms with Crippen LogP contribution >= 0.6 is 15.9 Å². The van der Waals surface area contributed by atoms with Crippen LogP contribution in [0.3, 0.4) is 0 Å². The average Bonchev–Trinajstić information content (AvgIpc) is 2.17. The van der Waals surface area contributed by atoms with Gasteiger partial charge in [0.1, 0.15) is 5.82 Å². The van der Waals surface area contributed by atoms with E-state index in [2.05, 4.69) is 21.2 Å². The van der Waals surface area contributed by atoms with Crippen LogP contribution in [0.1, 0.15) is 19.4 Å². The van der Waals surface area contributed by atoms with E-state index in [-0.39, 0.29) is 12.4 Å². The van der Waals surface area contributed by atoms with Crippen LogP contribution in [0.5, 0.6) is 0 Å². The van der Waals surface area contributed by atoms with Crippen molar-refractivity contribution in [2.24, 2.45) is 0 Å². The van der Waals surface area contributed by atoms with Crippen molar-refractivity contribution in [3.8, 4) is 0 Å². The van der Waals surface area contributed by atoms with Crippen LogP contribution < -0.4 is 5.32 Å². The van der Waals surface area contributed by atoms with Crippen molar-refractivity contribution in [1.82, 2.24) is 5.32 Å². The summed E-state index contributed by atoms with van der Waals surface area (Å²) in [4.78, 5) is 0. The highest BCUT2D eigenvalue weighted by Crippen LogP contribution is 2.28. The molecule has 0 aliphatic carbocycles. The Bertz CT molecular complexity index is 345. The van der Waals surface area contributed by atoms with E-state index in [0.29, 0.717) is 4.47 Å². The summed E-state index contributed by atoms with van der Waals surface area (Å²) in [5, 5.41) is 12.6. The minimum atomic E-state index is -0.540. The zero-order valence-corrected chi connectivity index (χ0v) is 10.4. The van der Waals surface area contributed by atoms with E-state index in [1.54, 1.807) is 6.07 Å². The van der Waals surface area contributed by atoms with Crippen LogP contribution in [-0.4, -0.2) is 18.3 Å². The second kappa shape index (κ2) is 5.05. The van der Waals surface area contributed by atoms with Gasteiger partial charge in [-0.3, -0.25) is 0 Å². The lowest BCUT2D eigenvalue weighted by molar-refractivity contribution is 0.176. The molecule has 1 aromatic carbocycles. The van der Waals surface area contributed by atoms with Gasteiger partial charge in [-0.05, 0) is 31.2 Å². The molecule has 0 bridgehead atoms. The first-order valence-electron chi connectivity index (χ1n) is 4.85. The third-order valence-corrected chi connectivity index (χ3v) is 3.06. The molecule has 1 aromatic rings. The summed E-state index contributed by atoms with van der Waals surface area (Å²) in [5.41, 5.74) is 0.314. The van der Waals surface area contributed by atoms with Gasteiger partial charge in [-0.1, -0.05) is 28.9 Å². The molecule has 0 aliphatic rings. The van der Waals surface area contributed by atoms with Gasteiger partial charge in [-0.2, -0.15) is 0 Å². The highest BCUT2D eigenvalue weighted by molar-refractivity contribution is 9.10. The predicted octanol–water partition coefficient (Wildman–Crippen LogP) is 2.41. The molecule has 2 N–H and O–H groups in total. The minimum absolute atomic E-state index is 0.0366. The van der Waals surface area contributed by atoms with Gasteiger partial charge in [0.05, 0.1) is 12.1 Å². The number of likely N-dealkylation sites (N-methyl/N-ethyl adjacent to an activating group) is 1. The van der Waals surface area contributed by atoms with Gasteiger partial charge in [0.25, 0.3) is 0 Å². The van der Waals surface area contributed by atoms with Crippen LogP contribution in [0.25, 0.3) is 0 Å². The monoisotopic (exact) mass is 275 g/mol. The maximum atomic E-state index is 12.9. The van der Waals surface area contributed by atoms with E-state index < -0.39 is 5.54 Å². The molecular weight excluding hydrogens is 261 g/mol. The van der Waals surface area contributed by atoms with Gasteiger partial charge in [0, 0.05) is 4.47 Å². The lowest BCUT2D eigenvalue weighted by Gasteiger charge is -2.30. The summed E-state index contributed by atoms with van der Waals surface area (Å²) in [6, 6.07) is 4.48. The van der Waals surface area contributed by atoms with E-state index in [0.717, 1.165) is 12.1 Å². The number of hydrogen-bond acceptors (Lipinski definition) is 2. The third-order valence-electron chi connectivity index (χ3n) is 2.41. The number of aliphatic hydroxyl groups is 1. The number of rotatable bonds is 4. The van der Waals surface area contributed by atoms with Crippen molar-refractivity contribution in [2.75, 3.05) is 13.2 Å². The largest absolute Gasteiger partial charge is 0.394 e. The van der Waals surface area contributed by atoms with Crippen molar-refractivity contribution >= 4 is 15.9 Å². The van der Waals surface area contributed by atoms with Gasteiger partial charge in [0.15, 0.2) is 0 Å². The molecule has 1 atom stereocenters. The molecule has 0 fully saturated rings. The first-order chi connectivity index (χ1) is 7.03. The number of hydrogen-bond donors (Lipinski definition) is 2. The van der Waals surface area contributed by atoms with Crippen molar-refractivity contribution < 1.29 is 9.50 Å². The fourth-order valence-electron chi connectivity index (χ4n) is 1.56. The Morgan fingerprint density at radius 3 is 2.67 bits per heavy atom. The molecule has 15 heavy (non-hydrogen) atoms. The van der Waals surface area contributed by atoms with E-state index in [9.17, 15) is 9.50 Å². The quantitative estimate of drug-likeness (QED) is 0.885. The lowest BCUT2D eigenvalue weighted by atomic mass is 9.93. The Morgan fingerprint density at radius 1 is 1.53 bits per heavy atom. The Labute approximate surface area is 97.6 Å². The van der Waals surface area contributed by atoms with E-state index in [1.165, 1.54) is 12.1 Å². The summed E-state index contributed by atoms with van der Waals surface area (Å²) in [5.74, 6) is -0.289. The number of halogens is 2. The molecule has 0 aliphatic heterocycles. The number of aliphatic hydroxyl groups excluding tert-OH is 1. The molecule has 84 valence electrons. The predicted molar refractivity (Wildman–Crippen MR) is 62.2 cm³/mol. The molecule has 0 radical (unpaired) electrons.